The predicted octanol–water partition coefficient (Wildman–Crippen LogP) is 10.1. The minimum absolute atomic E-state index is 0.0673. The highest BCUT2D eigenvalue weighted by Gasteiger charge is 2.22. The Morgan fingerprint density at radius 2 is 1.19 bits per heavy atom. The average Bonchev–Trinajstić information content (AvgIpc) is 2.88. The Bertz CT molecular complexity index is 1110. The van der Waals surface area contributed by atoms with Crippen LogP contribution in [0.15, 0.2) is 54.6 Å². The maximum Gasteiger partial charge on any atom is 0.142 e. The van der Waals surface area contributed by atoms with Crippen LogP contribution in [0, 0.1) is 29.3 Å². The molecule has 4 rings (SSSR count). The van der Waals surface area contributed by atoms with Crippen LogP contribution in [0.3, 0.4) is 0 Å². The van der Waals surface area contributed by atoms with Crippen LogP contribution in [0.25, 0.3) is 11.1 Å². The molecule has 1 saturated carbocycles. The number of halogens is 4. The summed E-state index contributed by atoms with van der Waals surface area (Å²) in [6.45, 7) is 2.23. The van der Waals surface area contributed by atoms with Crippen molar-refractivity contribution in [2.75, 3.05) is 0 Å². The van der Waals surface area contributed by atoms with Gasteiger partial charge in [0.15, 0.2) is 0 Å². The maximum absolute atomic E-state index is 14.8. The summed E-state index contributed by atoms with van der Waals surface area (Å²) in [5.41, 5.74) is 3.49. The van der Waals surface area contributed by atoms with Crippen LogP contribution in [0.2, 0.25) is 5.02 Å². The Kier molecular flexibility index (Phi) is 9.53. The molecule has 0 saturated heterocycles. The Morgan fingerprint density at radius 3 is 1.72 bits per heavy atom. The van der Waals surface area contributed by atoms with E-state index in [1.165, 1.54) is 86.8 Å². The summed E-state index contributed by atoms with van der Waals surface area (Å²) in [5, 5.41) is -0.0673. The van der Waals surface area contributed by atoms with Gasteiger partial charge < -0.3 is 0 Å². The molecular weight excluding hydrogens is 477 g/mol. The minimum Gasteiger partial charge on any atom is -0.206 e. The first-order chi connectivity index (χ1) is 17.4. The van der Waals surface area contributed by atoms with Gasteiger partial charge in [0.1, 0.15) is 17.5 Å². The largest absolute Gasteiger partial charge is 0.206 e. The molecule has 0 aromatic heterocycles. The lowest BCUT2D eigenvalue weighted by Crippen LogP contribution is -2.16. The number of benzene rings is 3. The molecule has 36 heavy (non-hydrogen) atoms. The van der Waals surface area contributed by atoms with Gasteiger partial charge in [0.2, 0.25) is 0 Å². The zero-order chi connectivity index (χ0) is 25.5. The Balaban J connectivity index is 1.23. The number of unbranched alkanes of at least 4 members (excludes halogenated alkanes) is 1. The van der Waals surface area contributed by atoms with Crippen molar-refractivity contribution in [3.05, 3.63) is 93.8 Å². The van der Waals surface area contributed by atoms with Crippen LogP contribution >= 0.6 is 11.6 Å². The van der Waals surface area contributed by atoms with Gasteiger partial charge in [-0.2, -0.15) is 0 Å². The highest BCUT2D eigenvalue weighted by molar-refractivity contribution is 6.30. The summed E-state index contributed by atoms with van der Waals surface area (Å²) >= 11 is 5.70. The second kappa shape index (κ2) is 12.8. The van der Waals surface area contributed by atoms with Gasteiger partial charge in [-0.25, -0.2) is 13.2 Å². The molecule has 3 aromatic rings. The van der Waals surface area contributed by atoms with Crippen molar-refractivity contribution in [1.29, 1.82) is 0 Å². The van der Waals surface area contributed by atoms with Gasteiger partial charge >= 0.3 is 0 Å². The third kappa shape index (κ3) is 7.16. The number of aryl methyl sites for hydroxylation is 3. The van der Waals surface area contributed by atoms with E-state index in [4.69, 9.17) is 11.6 Å². The summed E-state index contributed by atoms with van der Waals surface area (Å²) in [4.78, 5) is 0. The van der Waals surface area contributed by atoms with Crippen molar-refractivity contribution in [1.82, 2.24) is 0 Å². The van der Waals surface area contributed by atoms with Crippen molar-refractivity contribution in [3.8, 4) is 11.1 Å². The van der Waals surface area contributed by atoms with Gasteiger partial charge in [-0.15, -0.1) is 0 Å². The third-order valence-corrected chi connectivity index (χ3v) is 8.11. The lowest BCUT2D eigenvalue weighted by atomic mass is 9.77. The van der Waals surface area contributed by atoms with Crippen LogP contribution in [-0.4, -0.2) is 0 Å². The standard InChI is InChI=1S/C32H36ClF3/c1-2-3-4-22-5-7-23(8-6-22)9-10-24-11-13-25(14-12-24)15-16-26-19-30(35)32(31(36)20-26)27-17-18-28(33)29(34)21-27/h5-8,17-21,24-25H,2-4,9-16H2,1H3/t24-,25-. The summed E-state index contributed by atoms with van der Waals surface area (Å²) < 4.78 is 43.3. The lowest BCUT2D eigenvalue weighted by molar-refractivity contribution is 0.253. The summed E-state index contributed by atoms with van der Waals surface area (Å²) in [5.74, 6) is -0.624. The van der Waals surface area contributed by atoms with Gasteiger partial charge in [-0.1, -0.05) is 81.0 Å². The molecule has 0 bridgehead atoms. The molecule has 0 atom stereocenters. The van der Waals surface area contributed by atoms with Gasteiger partial charge in [0, 0.05) is 0 Å². The Morgan fingerprint density at radius 1 is 0.667 bits per heavy atom. The maximum atomic E-state index is 14.8. The lowest BCUT2D eigenvalue weighted by Gasteiger charge is -2.28. The molecule has 0 nitrogen and oxygen atoms in total. The van der Waals surface area contributed by atoms with Crippen LogP contribution in [0.1, 0.15) is 75.0 Å². The normalized spacial score (nSPS) is 17.9. The third-order valence-electron chi connectivity index (χ3n) is 7.80. The molecule has 0 unspecified atom stereocenters. The molecule has 3 aromatic carbocycles. The molecule has 0 spiro atoms. The first-order valence-electron chi connectivity index (χ1n) is 13.4. The molecule has 0 heterocycles. The SMILES string of the molecule is CCCCc1ccc(CC[C@H]2CC[C@H](CCc3cc(F)c(-c4ccc(Cl)c(F)c4)c(F)c3)CC2)cc1. The number of hydrogen-bond donors (Lipinski definition) is 0. The zero-order valence-corrected chi connectivity index (χ0v) is 21.9. The second-order valence-corrected chi connectivity index (χ2v) is 10.9. The molecule has 1 aliphatic carbocycles. The van der Waals surface area contributed by atoms with Crippen LogP contribution in [0.5, 0.6) is 0 Å². The summed E-state index contributed by atoms with van der Waals surface area (Å²) in [7, 11) is 0. The monoisotopic (exact) mass is 512 g/mol. The quantitative estimate of drug-likeness (QED) is 0.253. The van der Waals surface area contributed by atoms with E-state index in [-0.39, 0.29) is 16.1 Å². The summed E-state index contributed by atoms with van der Waals surface area (Å²) in [6, 6.07) is 15.8. The summed E-state index contributed by atoms with van der Waals surface area (Å²) in [6.07, 6.45) is 12.5. The zero-order valence-electron chi connectivity index (χ0n) is 21.1. The molecule has 1 aliphatic rings. The van der Waals surface area contributed by atoms with E-state index in [2.05, 4.69) is 31.2 Å². The minimum atomic E-state index is -0.687. The van der Waals surface area contributed by atoms with Gasteiger partial charge in [-0.05, 0) is 96.9 Å². The van der Waals surface area contributed by atoms with E-state index < -0.39 is 17.5 Å². The fourth-order valence-electron chi connectivity index (χ4n) is 5.50. The van der Waals surface area contributed by atoms with E-state index >= 15 is 0 Å². The van der Waals surface area contributed by atoms with E-state index in [0.717, 1.165) is 24.8 Å². The molecule has 1 fully saturated rings. The van der Waals surface area contributed by atoms with Crippen molar-refractivity contribution in [3.63, 3.8) is 0 Å². The van der Waals surface area contributed by atoms with Gasteiger partial charge in [0.05, 0.1) is 10.6 Å². The van der Waals surface area contributed by atoms with Gasteiger partial charge in [-0.3, -0.25) is 0 Å². The van der Waals surface area contributed by atoms with Crippen molar-refractivity contribution in [2.24, 2.45) is 11.8 Å². The van der Waals surface area contributed by atoms with Crippen LogP contribution in [0.4, 0.5) is 13.2 Å². The van der Waals surface area contributed by atoms with Crippen LogP contribution in [-0.2, 0) is 19.3 Å². The topological polar surface area (TPSA) is 0 Å². The predicted molar refractivity (Wildman–Crippen MR) is 144 cm³/mol. The highest BCUT2D eigenvalue weighted by Crippen LogP contribution is 2.35. The van der Waals surface area contributed by atoms with E-state index in [1.807, 2.05) is 0 Å². The van der Waals surface area contributed by atoms with E-state index in [0.29, 0.717) is 17.9 Å². The first kappa shape index (κ1) is 26.8. The Hall–Kier alpha value is -2.26. The van der Waals surface area contributed by atoms with Crippen molar-refractivity contribution in [2.45, 2.75) is 77.6 Å². The smallest absolute Gasteiger partial charge is 0.142 e. The van der Waals surface area contributed by atoms with Crippen molar-refractivity contribution >= 4 is 11.6 Å². The molecule has 0 aliphatic heterocycles. The Labute approximate surface area is 218 Å². The van der Waals surface area contributed by atoms with E-state index in [1.54, 1.807) is 0 Å². The van der Waals surface area contributed by atoms with Crippen LogP contribution < -0.4 is 0 Å². The second-order valence-electron chi connectivity index (χ2n) is 10.4. The number of rotatable bonds is 10. The molecule has 192 valence electrons. The molecule has 4 heteroatoms. The van der Waals surface area contributed by atoms with E-state index in [9.17, 15) is 13.2 Å². The fraction of sp³-hybridized carbons (Fsp3) is 0.438. The fourth-order valence-corrected chi connectivity index (χ4v) is 5.62. The first-order valence-corrected chi connectivity index (χ1v) is 13.8. The molecule has 0 N–H and O–H groups in total. The molecular formula is C32H36ClF3. The van der Waals surface area contributed by atoms with Crippen molar-refractivity contribution < 1.29 is 13.2 Å². The highest BCUT2D eigenvalue weighted by atomic mass is 35.5. The molecule has 0 amide bonds. The average molecular weight is 513 g/mol. The number of hydrogen-bond acceptors (Lipinski definition) is 0. The van der Waals surface area contributed by atoms with Gasteiger partial charge in [0.25, 0.3) is 0 Å². The molecule has 0 radical (unpaired) electrons.